The lowest BCUT2D eigenvalue weighted by atomic mass is 9.97. The summed E-state index contributed by atoms with van der Waals surface area (Å²) in [7, 11) is 1.86. The van der Waals surface area contributed by atoms with Gasteiger partial charge in [0.05, 0.1) is 10.7 Å². The van der Waals surface area contributed by atoms with Crippen molar-refractivity contribution in [2.45, 2.75) is 45.2 Å². The Morgan fingerprint density at radius 3 is 2.64 bits per heavy atom. The molecular weight excluding hydrogens is 445 g/mol. The van der Waals surface area contributed by atoms with E-state index in [0.29, 0.717) is 6.04 Å². The predicted molar refractivity (Wildman–Crippen MR) is 117 cm³/mol. The number of likely N-dealkylation sites (tertiary alicyclic amines) is 1. The number of piperidine rings is 1. The lowest BCUT2D eigenvalue weighted by molar-refractivity contribution is 0.176. The zero-order valence-corrected chi connectivity index (χ0v) is 18.3. The number of aliphatic imine (C=N–C) groups is 1. The van der Waals surface area contributed by atoms with Gasteiger partial charge in [-0.15, -0.1) is 35.3 Å². The lowest BCUT2D eigenvalue weighted by Crippen LogP contribution is -2.45. The molecule has 0 atom stereocenters. The molecule has 0 radical (unpaired) electrons. The molecule has 1 aromatic heterocycles. The van der Waals surface area contributed by atoms with Crippen molar-refractivity contribution in [1.82, 2.24) is 20.5 Å². The molecule has 1 saturated heterocycles. The number of hydrogen-bond donors (Lipinski definition) is 2. The largest absolute Gasteiger partial charge is 0.356 e. The van der Waals surface area contributed by atoms with Gasteiger partial charge in [-0.25, -0.2) is 4.98 Å². The smallest absolute Gasteiger partial charge is 0.191 e. The number of thiazole rings is 1. The summed E-state index contributed by atoms with van der Waals surface area (Å²) in [5, 5.41) is 10.4. The minimum Gasteiger partial charge on any atom is -0.356 e. The summed E-state index contributed by atoms with van der Waals surface area (Å²) in [5.41, 5.74) is 1.23. The molecule has 1 aromatic rings. The van der Waals surface area contributed by atoms with Gasteiger partial charge in [0.2, 0.25) is 0 Å². The molecule has 2 aliphatic rings. The Balaban J connectivity index is 0.00000225. The number of aromatic nitrogens is 1. The molecule has 140 valence electrons. The van der Waals surface area contributed by atoms with E-state index in [9.17, 15) is 0 Å². The van der Waals surface area contributed by atoms with E-state index < -0.39 is 0 Å². The molecule has 0 bridgehead atoms. The van der Waals surface area contributed by atoms with Gasteiger partial charge >= 0.3 is 0 Å². The zero-order chi connectivity index (χ0) is 16.8. The van der Waals surface area contributed by atoms with Crippen molar-refractivity contribution >= 4 is 41.3 Å². The van der Waals surface area contributed by atoms with E-state index in [4.69, 9.17) is 0 Å². The Labute approximate surface area is 172 Å². The first-order valence-corrected chi connectivity index (χ1v) is 9.86. The molecule has 0 amide bonds. The van der Waals surface area contributed by atoms with Gasteiger partial charge in [-0.05, 0) is 51.6 Å². The van der Waals surface area contributed by atoms with Crippen LogP contribution in [0.4, 0.5) is 0 Å². The van der Waals surface area contributed by atoms with E-state index in [-0.39, 0.29) is 24.0 Å². The van der Waals surface area contributed by atoms with Crippen molar-refractivity contribution < 1.29 is 0 Å². The lowest BCUT2D eigenvalue weighted by Gasteiger charge is -2.32. The maximum Gasteiger partial charge on any atom is 0.191 e. The fourth-order valence-electron chi connectivity index (χ4n) is 3.42. The third-order valence-electron chi connectivity index (χ3n) is 4.89. The number of rotatable bonds is 5. The van der Waals surface area contributed by atoms with Gasteiger partial charge in [-0.3, -0.25) is 9.89 Å². The number of nitrogens with one attached hydrogen (secondary N) is 2. The third-order valence-corrected chi connectivity index (χ3v) is 5.71. The summed E-state index contributed by atoms with van der Waals surface area (Å²) >= 11 is 1.75. The average Bonchev–Trinajstić information content (AvgIpc) is 3.24. The fourth-order valence-corrected chi connectivity index (χ4v) is 4.03. The van der Waals surface area contributed by atoms with Crippen LogP contribution in [0.2, 0.25) is 0 Å². The zero-order valence-electron chi connectivity index (χ0n) is 15.2. The molecule has 0 aromatic carbocycles. The van der Waals surface area contributed by atoms with Crippen molar-refractivity contribution in [3.63, 3.8) is 0 Å². The van der Waals surface area contributed by atoms with E-state index >= 15 is 0 Å². The monoisotopic (exact) mass is 475 g/mol. The molecule has 0 spiro atoms. The Hall–Kier alpha value is -0.670. The first-order chi connectivity index (χ1) is 11.7. The maximum atomic E-state index is 4.58. The van der Waals surface area contributed by atoms with E-state index in [1.165, 1.54) is 36.6 Å². The van der Waals surface area contributed by atoms with Crippen LogP contribution < -0.4 is 10.6 Å². The molecule has 25 heavy (non-hydrogen) atoms. The SMILES string of the molecule is CN=C(NCC1CCN(Cc2csc(C)n2)CC1)NC1CC=CC1.I. The maximum absolute atomic E-state index is 4.58. The second kappa shape index (κ2) is 10.5. The van der Waals surface area contributed by atoms with Crippen LogP contribution in [0.1, 0.15) is 36.4 Å². The van der Waals surface area contributed by atoms with Crippen LogP contribution in [0.3, 0.4) is 0 Å². The predicted octanol–water partition coefficient (Wildman–Crippen LogP) is 3.17. The second-order valence-electron chi connectivity index (χ2n) is 6.81. The highest BCUT2D eigenvalue weighted by atomic mass is 127. The Morgan fingerprint density at radius 2 is 2.04 bits per heavy atom. The van der Waals surface area contributed by atoms with Gasteiger partial charge in [0.1, 0.15) is 0 Å². The van der Waals surface area contributed by atoms with Gasteiger partial charge < -0.3 is 10.6 Å². The van der Waals surface area contributed by atoms with Crippen LogP contribution in [0.5, 0.6) is 0 Å². The summed E-state index contributed by atoms with van der Waals surface area (Å²) in [6.07, 6.45) is 9.19. The number of hydrogen-bond acceptors (Lipinski definition) is 4. The summed E-state index contributed by atoms with van der Waals surface area (Å²) in [6, 6.07) is 0.514. The van der Waals surface area contributed by atoms with E-state index in [1.807, 2.05) is 7.05 Å². The standard InChI is InChI=1S/C18H29N5S.HI/c1-14-21-17(13-24-14)12-23-9-7-15(8-10-23)11-20-18(19-2)22-16-5-3-4-6-16;/h3-4,13,15-16H,5-12H2,1-2H3,(H2,19,20,22);1H. The van der Waals surface area contributed by atoms with E-state index in [2.05, 4.69) is 50.0 Å². The summed E-state index contributed by atoms with van der Waals surface area (Å²) in [4.78, 5) is 11.5. The van der Waals surface area contributed by atoms with Crippen molar-refractivity contribution in [3.05, 3.63) is 28.2 Å². The Bertz CT molecular complexity index is 570. The van der Waals surface area contributed by atoms with Crippen molar-refractivity contribution in [2.24, 2.45) is 10.9 Å². The average molecular weight is 475 g/mol. The van der Waals surface area contributed by atoms with Gasteiger partial charge in [0.15, 0.2) is 5.96 Å². The number of nitrogens with zero attached hydrogens (tertiary/aromatic N) is 3. The van der Waals surface area contributed by atoms with Crippen molar-refractivity contribution in [2.75, 3.05) is 26.7 Å². The highest BCUT2D eigenvalue weighted by Crippen LogP contribution is 2.19. The molecule has 1 aliphatic heterocycles. The molecule has 5 nitrogen and oxygen atoms in total. The first kappa shape index (κ1) is 20.6. The highest BCUT2D eigenvalue weighted by Gasteiger charge is 2.20. The van der Waals surface area contributed by atoms with Crippen LogP contribution in [0, 0.1) is 12.8 Å². The second-order valence-corrected chi connectivity index (χ2v) is 7.88. The van der Waals surface area contributed by atoms with Crippen LogP contribution in [-0.4, -0.2) is 48.6 Å². The molecule has 1 aliphatic carbocycles. The topological polar surface area (TPSA) is 52.6 Å². The minimum atomic E-state index is 0. The number of guanidine groups is 1. The molecule has 7 heteroatoms. The van der Waals surface area contributed by atoms with Crippen LogP contribution >= 0.6 is 35.3 Å². The fraction of sp³-hybridized carbons (Fsp3) is 0.667. The molecule has 1 fully saturated rings. The quantitative estimate of drug-likeness (QED) is 0.297. The van der Waals surface area contributed by atoms with Crippen molar-refractivity contribution in [1.29, 1.82) is 0 Å². The van der Waals surface area contributed by atoms with Gasteiger partial charge in [0.25, 0.3) is 0 Å². The minimum absolute atomic E-state index is 0. The molecule has 3 rings (SSSR count). The van der Waals surface area contributed by atoms with Crippen molar-refractivity contribution in [3.8, 4) is 0 Å². The van der Waals surface area contributed by atoms with Crippen LogP contribution in [0.25, 0.3) is 0 Å². The third kappa shape index (κ3) is 6.53. The molecular formula is C18H30IN5S. The Kier molecular flexibility index (Phi) is 8.65. The highest BCUT2D eigenvalue weighted by molar-refractivity contribution is 14.0. The van der Waals surface area contributed by atoms with Gasteiger partial charge in [-0.1, -0.05) is 12.2 Å². The van der Waals surface area contributed by atoms with Gasteiger partial charge in [0, 0.05) is 31.6 Å². The normalized spacial score (nSPS) is 19.8. The van der Waals surface area contributed by atoms with Crippen LogP contribution in [-0.2, 0) is 6.54 Å². The summed E-state index contributed by atoms with van der Waals surface area (Å²) in [6.45, 7) is 6.43. The van der Waals surface area contributed by atoms with E-state index in [1.54, 1.807) is 11.3 Å². The molecule has 2 heterocycles. The summed E-state index contributed by atoms with van der Waals surface area (Å²) in [5.74, 6) is 1.68. The number of aryl methyl sites for hydroxylation is 1. The van der Waals surface area contributed by atoms with Crippen LogP contribution in [0.15, 0.2) is 22.5 Å². The van der Waals surface area contributed by atoms with Gasteiger partial charge in [-0.2, -0.15) is 0 Å². The molecule has 2 N–H and O–H groups in total. The number of halogens is 1. The molecule has 0 saturated carbocycles. The Morgan fingerprint density at radius 1 is 1.32 bits per heavy atom. The van der Waals surface area contributed by atoms with E-state index in [0.717, 1.165) is 37.8 Å². The molecule has 0 unspecified atom stereocenters. The first-order valence-electron chi connectivity index (χ1n) is 8.98. The summed E-state index contributed by atoms with van der Waals surface area (Å²) < 4.78 is 0.